The molecule has 2 amide bonds. The molecular formula is C17H21FN2O4. The highest BCUT2D eigenvalue weighted by Crippen LogP contribution is 2.18. The molecule has 0 spiro atoms. The van der Waals surface area contributed by atoms with Crippen molar-refractivity contribution in [3.05, 3.63) is 35.6 Å². The van der Waals surface area contributed by atoms with Gasteiger partial charge in [0, 0.05) is 13.0 Å². The van der Waals surface area contributed by atoms with Crippen LogP contribution in [0.3, 0.4) is 0 Å². The van der Waals surface area contributed by atoms with Crippen LogP contribution in [-0.2, 0) is 14.4 Å². The van der Waals surface area contributed by atoms with Gasteiger partial charge < -0.3 is 15.3 Å². The number of hydrogen-bond acceptors (Lipinski definition) is 3. The van der Waals surface area contributed by atoms with Crippen molar-refractivity contribution in [1.82, 2.24) is 10.2 Å². The van der Waals surface area contributed by atoms with E-state index in [0.29, 0.717) is 18.5 Å². The predicted octanol–water partition coefficient (Wildman–Crippen LogP) is 1.86. The fraction of sp³-hybridized carbons (Fsp3) is 0.471. The van der Waals surface area contributed by atoms with Crippen LogP contribution < -0.4 is 5.32 Å². The predicted molar refractivity (Wildman–Crippen MR) is 84.6 cm³/mol. The molecule has 1 atom stereocenters. The molecule has 1 saturated heterocycles. The third-order valence-corrected chi connectivity index (χ3v) is 3.99. The van der Waals surface area contributed by atoms with Gasteiger partial charge in [0.1, 0.15) is 5.82 Å². The maximum absolute atomic E-state index is 13.0. The van der Waals surface area contributed by atoms with E-state index in [1.807, 2.05) is 0 Å². The number of aliphatic carboxylic acids is 1. The van der Waals surface area contributed by atoms with Crippen LogP contribution in [0.4, 0.5) is 4.39 Å². The molecule has 7 heteroatoms. The maximum Gasteiger partial charge on any atom is 0.305 e. The van der Waals surface area contributed by atoms with Gasteiger partial charge in [-0.15, -0.1) is 0 Å². The molecule has 24 heavy (non-hydrogen) atoms. The summed E-state index contributed by atoms with van der Waals surface area (Å²) in [6.45, 7) is 0.447. The average Bonchev–Trinajstić information content (AvgIpc) is 2.72. The van der Waals surface area contributed by atoms with E-state index in [9.17, 15) is 18.8 Å². The maximum atomic E-state index is 13.0. The molecule has 1 aromatic carbocycles. The lowest BCUT2D eigenvalue weighted by Crippen LogP contribution is -2.42. The first-order chi connectivity index (χ1) is 11.5. The van der Waals surface area contributed by atoms with Crippen LogP contribution in [0.1, 0.15) is 43.7 Å². The van der Waals surface area contributed by atoms with Gasteiger partial charge in [0.05, 0.1) is 19.0 Å². The number of rotatable bonds is 6. The average molecular weight is 336 g/mol. The first kappa shape index (κ1) is 17.9. The van der Waals surface area contributed by atoms with Crippen LogP contribution in [0.15, 0.2) is 24.3 Å². The zero-order valence-electron chi connectivity index (χ0n) is 13.3. The van der Waals surface area contributed by atoms with Crippen LogP contribution in [0.25, 0.3) is 0 Å². The minimum atomic E-state index is -1.07. The summed E-state index contributed by atoms with van der Waals surface area (Å²) in [7, 11) is 0. The summed E-state index contributed by atoms with van der Waals surface area (Å²) in [6.07, 6.45) is 2.76. The number of carbonyl (C=O) groups is 3. The summed E-state index contributed by atoms with van der Waals surface area (Å²) < 4.78 is 13.0. The number of carboxylic acids is 1. The first-order valence-corrected chi connectivity index (χ1v) is 8.00. The van der Waals surface area contributed by atoms with Gasteiger partial charge in [-0.25, -0.2) is 4.39 Å². The van der Waals surface area contributed by atoms with Crippen LogP contribution in [-0.4, -0.2) is 40.9 Å². The summed E-state index contributed by atoms with van der Waals surface area (Å²) in [5.74, 6) is -1.98. The standard InChI is InChI=1S/C17H21FN2O4/c18-13-7-5-12(6-8-13)14(10-17(23)24)19-15(21)11-20-9-3-1-2-4-16(20)22/h5-8,14H,1-4,9-11H2,(H,19,21)(H,23,24). The van der Waals surface area contributed by atoms with E-state index < -0.39 is 23.7 Å². The Morgan fingerprint density at radius 2 is 1.92 bits per heavy atom. The number of amides is 2. The van der Waals surface area contributed by atoms with Gasteiger partial charge in [0.15, 0.2) is 0 Å². The Hall–Kier alpha value is -2.44. The van der Waals surface area contributed by atoms with Crippen LogP contribution in [0.2, 0.25) is 0 Å². The molecule has 1 aliphatic rings. The molecule has 1 heterocycles. The normalized spacial score (nSPS) is 16.4. The Bertz CT molecular complexity index is 603. The largest absolute Gasteiger partial charge is 0.481 e. The SMILES string of the molecule is O=C(O)CC(NC(=O)CN1CCCCCC1=O)c1ccc(F)cc1. The zero-order valence-corrected chi connectivity index (χ0v) is 13.3. The second-order valence-corrected chi connectivity index (χ2v) is 5.90. The highest BCUT2D eigenvalue weighted by atomic mass is 19.1. The summed E-state index contributed by atoms with van der Waals surface area (Å²) in [5.41, 5.74) is 0.509. The third-order valence-electron chi connectivity index (χ3n) is 3.99. The second-order valence-electron chi connectivity index (χ2n) is 5.90. The number of carbonyl (C=O) groups excluding carboxylic acids is 2. The van der Waals surface area contributed by atoms with E-state index in [1.54, 1.807) is 0 Å². The van der Waals surface area contributed by atoms with E-state index in [2.05, 4.69) is 5.32 Å². The Kier molecular flexibility index (Phi) is 6.28. The Labute approximate surface area is 139 Å². The molecule has 0 saturated carbocycles. The zero-order chi connectivity index (χ0) is 17.5. The van der Waals surface area contributed by atoms with E-state index in [-0.39, 0.29) is 18.9 Å². The molecule has 1 fully saturated rings. The minimum Gasteiger partial charge on any atom is -0.481 e. The number of carboxylic acid groups (broad SMARTS) is 1. The number of benzene rings is 1. The van der Waals surface area contributed by atoms with Crippen molar-refractivity contribution in [2.45, 2.75) is 38.1 Å². The molecule has 0 radical (unpaired) electrons. The van der Waals surface area contributed by atoms with Crippen molar-refractivity contribution in [3.8, 4) is 0 Å². The number of likely N-dealkylation sites (tertiary alicyclic amines) is 1. The van der Waals surface area contributed by atoms with Gasteiger partial charge in [-0.2, -0.15) is 0 Å². The minimum absolute atomic E-state index is 0.0563. The van der Waals surface area contributed by atoms with Gasteiger partial charge in [-0.05, 0) is 30.5 Å². The van der Waals surface area contributed by atoms with E-state index in [4.69, 9.17) is 5.11 Å². The second kappa shape index (κ2) is 8.42. The summed E-state index contributed by atoms with van der Waals surface area (Å²) >= 11 is 0. The van der Waals surface area contributed by atoms with Crippen LogP contribution >= 0.6 is 0 Å². The van der Waals surface area contributed by atoms with Crippen molar-refractivity contribution in [2.24, 2.45) is 0 Å². The highest BCUT2D eigenvalue weighted by Gasteiger charge is 2.22. The van der Waals surface area contributed by atoms with E-state index in [0.717, 1.165) is 19.3 Å². The number of nitrogens with one attached hydrogen (secondary N) is 1. The number of hydrogen-bond donors (Lipinski definition) is 2. The molecular weight excluding hydrogens is 315 g/mol. The fourth-order valence-electron chi connectivity index (χ4n) is 2.74. The molecule has 1 unspecified atom stereocenters. The molecule has 1 aliphatic heterocycles. The Balaban J connectivity index is 2.02. The van der Waals surface area contributed by atoms with Crippen molar-refractivity contribution < 1.29 is 23.9 Å². The summed E-state index contributed by atoms with van der Waals surface area (Å²) in [5, 5.41) is 11.7. The highest BCUT2D eigenvalue weighted by molar-refractivity contribution is 5.85. The van der Waals surface area contributed by atoms with E-state index >= 15 is 0 Å². The van der Waals surface area contributed by atoms with Gasteiger partial charge in [-0.3, -0.25) is 14.4 Å². The van der Waals surface area contributed by atoms with Gasteiger partial charge in [-0.1, -0.05) is 18.6 Å². The molecule has 2 N–H and O–H groups in total. The van der Waals surface area contributed by atoms with Crippen molar-refractivity contribution in [3.63, 3.8) is 0 Å². The lowest BCUT2D eigenvalue weighted by atomic mass is 10.0. The van der Waals surface area contributed by atoms with Crippen molar-refractivity contribution >= 4 is 17.8 Å². The van der Waals surface area contributed by atoms with Crippen LogP contribution in [0.5, 0.6) is 0 Å². The Morgan fingerprint density at radius 1 is 1.21 bits per heavy atom. The van der Waals surface area contributed by atoms with Gasteiger partial charge in [0.2, 0.25) is 11.8 Å². The molecule has 0 bridgehead atoms. The molecule has 0 aromatic heterocycles. The topological polar surface area (TPSA) is 86.7 Å². The van der Waals surface area contributed by atoms with Crippen molar-refractivity contribution in [2.75, 3.05) is 13.1 Å². The number of nitrogens with zero attached hydrogens (tertiary/aromatic N) is 1. The summed E-state index contributed by atoms with van der Waals surface area (Å²) in [6, 6.07) is 4.56. The monoisotopic (exact) mass is 336 g/mol. The van der Waals surface area contributed by atoms with Gasteiger partial charge in [0.25, 0.3) is 0 Å². The van der Waals surface area contributed by atoms with Gasteiger partial charge >= 0.3 is 5.97 Å². The van der Waals surface area contributed by atoms with Crippen LogP contribution in [0, 0.1) is 5.82 Å². The lowest BCUT2D eigenvalue weighted by Gasteiger charge is -2.23. The molecule has 0 aliphatic carbocycles. The third kappa shape index (κ3) is 5.33. The molecule has 6 nitrogen and oxygen atoms in total. The molecule has 2 rings (SSSR count). The van der Waals surface area contributed by atoms with Crippen molar-refractivity contribution in [1.29, 1.82) is 0 Å². The molecule has 1 aromatic rings. The fourth-order valence-corrected chi connectivity index (χ4v) is 2.74. The number of halogens is 1. The molecule has 130 valence electrons. The smallest absolute Gasteiger partial charge is 0.305 e. The Morgan fingerprint density at radius 3 is 2.58 bits per heavy atom. The lowest BCUT2D eigenvalue weighted by molar-refractivity contribution is -0.139. The summed E-state index contributed by atoms with van der Waals surface area (Å²) in [4.78, 5) is 36.7. The van der Waals surface area contributed by atoms with E-state index in [1.165, 1.54) is 29.2 Å². The first-order valence-electron chi connectivity index (χ1n) is 8.00. The quantitative estimate of drug-likeness (QED) is 0.830.